The SMILES string of the molecule is CCc1cc2ccccc2cn1. The molecule has 0 unspecified atom stereocenters. The van der Waals surface area contributed by atoms with Crippen molar-refractivity contribution in [3.8, 4) is 0 Å². The molecule has 0 saturated carbocycles. The second-order valence-corrected chi connectivity index (χ2v) is 2.88. The molecule has 0 aliphatic carbocycles. The minimum atomic E-state index is 1.00. The molecule has 1 heterocycles. The first-order valence-electron chi connectivity index (χ1n) is 4.24. The summed E-state index contributed by atoms with van der Waals surface area (Å²) in [5.41, 5.74) is 1.16. The molecule has 0 radical (unpaired) electrons. The molecule has 0 fully saturated rings. The van der Waals surface area contributed by atoms with E-state index in [4.69, 9.17) is 0 Å². The minimum absolute atomic E-state index is 1.00. The van der Waals surface area contributed by atoms with Gasteiger partial charge in [0, 0.05) is 17.3 Å². The van der Waals surface area contributed by atoms with Gasteiger partial charge in [-0.15, -0.1) is 0 Å². The number of pyridine rings is 1. The molecular formula is C11H11N. The Morgan fingerprint density at radius 1 is 1.17 bits per heavy atom. The third kappa shape index (κ3) is 1.18. The molecule has 1 aromatic heterocycles. The summed E-state index contributed by atoms with van der Waals surface area (Å²) in [5.74, 6) is 0. The predicted molar refractivity (Wildman–Crippen MR) is 51.1 cm³/mol. The normalized spacial score (nSPS) is 10.4. The summed E-state index contributed by atoms with van der Waals surface area (Å²) in [6.45, 7) is 2.12. The quantitative estimate of drug-likeness (QED) is 0.620. The Labute approximate surface area is 72.1 Å². The Balaban J connectivity index is 2.67. The van der Waals surface area contributed by atoms with Gasteiger partial charge in [-0.25, -0.2) is 0 Å². The van der Waals surface area contributed by atoms with Gasteiger partial charge in [-0.3, -0.25) is 4.98 Å². The van der Waals surface area contributed by atoms with Crippen LogP contribution in [0.4, 0.5) is 0 Å². The van der Waals surface area contributed by atoms with Gasteiger partial charge in [0.2, 0.25) is 0 Å². The zero-order valence-corrected chi connectivity index (χ0v) is 7.12. The zero-order valence-electron chi connectivity index (χ0n) is 7.12. The molecule has 0 bridgehead atoms. The number of nitrogens with zero attached hydrogens (tertiary/aromatic N) is 1. The van der Waals surface area contributed by atoms with Crippen molar-refractivity contribution in [3.05, 3.63) is 42.2 Å². The van der Waals surface area contributed by atoms with Crippen LogP contribution in [0.25, 0.3) is 10.8 Å². The molecule has 0 saturated heterocycles. The highest BCUT2D eigenvalue weighted by Crippen LogP contribution is 2.13. The van der Waals surface area contributed by atoms with Crippen molar-refractivity contribution in [1.29, 1.82) is 0 Å². The summed E-state index contributed by atoms with van der Waals surface area (Å²) in [6, 6.07) is 10.4. The van der Waals surface area contributed by atoms with Crippen LogP contribution in [0.5, 0.6) is 0 Å². The average Bonchev–Trinajstić information content (AvgIpc) is 2.17. The lowest BCUT2D eigenvalue weighted by molar-refractivity contribution is 1.05. The molecule has 0 spiro atoms. The number of aryl methyl sites for hydroxylation is 1. The van der Waals surface area contributed by atoms with Gasteiger partial charge in [0.15, 0.2) is 0 Å². The Hall–Kier alpha value is -1.37. The van der Waals surface area contributed by atoms with Gasteiger partial charge in [-0.05, 0) is 17.9 Å². The first-order valence-corrected chi connectivity index (χ1v) is 4.24. The van der Waals surface area contributed by atoms with Gasteiger partial charge in [0.1, 0.15) is 0 Å². The molecule has 0 aliphatic heterocycles. The second-order valence-electron chi connectivity index (χ2n) is 2.88. The topological polar surface area (TPSA) is 12.9 Å². The molecule has 2 aromatic rings. The Morgan fingerprint density at radius 2 is 1.92 bits per heavy atom. The van der Waals surface area contributed by atoms with Crippen LogP contribution in [0.1, 0.15) is 12.6 Å². The van der Waals surface area contributed by atoms with E-state index < -0.39 is 0 Å². The fourth-order valence-corrected chi connectivity index (χ4v) is 1.32. The smallest absolute Gasteiger partial charge is 0.0407 e. The van der Waals surface area contributed by atoms with Crippen molar-refractivity contribution in [2.24, 2.45) is 0 Å². The second kappa shape index (κ2) is 2.94. The van der Waals surface area contributed by atoms with E-state index in [2.05, 4.69) is 36.2 Å². The summed E-state index contributed by atoms with van der Waals surface area (Å²) in [4.78, 5) is 4.33. The van der Waals surface area contributed by atoms with Gasteiger partial charge in [0.05, 0.1) is 0 Å². The number of benzene rings is 1. The third-order valence-electron chi connectivity index (χ3n) is 2.05. The van der Waals surface area contributed by atoms with Crippen LogP contribution in [0.2, 0.25) is 0 Å². The monoisotopic (exact) mass is 157 g/mol. The maximum Gasteiger partial charge on any atom is 0.0407 e. The maximum atomic E-state index is 4.33. The Bertz CT molecular complexity index is 393. The molecule has 1 aromatic carbocycles. The van der Waals surface area contributed by atoms with E-state index in [0.717, 1.165) is 12.1 Å². The van der Waals surface area contributed by atoms with E-state index in [1.807, 2.05) is 12.3 Å². The zero-order chi connectivity index (χ0) is 8.39. The molecule has 0 N–H and O–H groups in total. The van der Waals surface area contributed by atoms with E-state index in [1.54, 1.807) is 0 Å². The van der Waals surface area contributed by atoms with Gasteiger partial charge < -0.3 is 0 Å². The Kier molecular flexibility index (Phi) is 1.78. The fourth-order valence-electron chi connectivity index (χ4n) is 1.32. The van der Waals surface area contributed by atoms with Crippen LogP contribution in [-0.2, 0) is 6.42 Å². The van der Waals surface area contributed by atoms with E-state index >= 15 is 0 Å². The summed E-state index contributed by atoms with van der Waals surface area (Å²) in [5, 5.41) is 2.50. The standard InChI is InChI=1S/C11H11N/c1-2-11-7-9-5-3-4-6-10(9)8-12-11/h3-8H,2H2,1H3. The largest absolute Gasteiger partial charge is 0.261 e. The van der Waals surface area contributed by atoms with Gasteiger partial charge >= 0.3 is 0 Å². The molecule has 1 heteroatoms. The third-order valence-corrected chi connectivity index (χ3v) is 2.05. The molecule has 1 nitrogen and oxygen atoms in total. The van der Waals surface area contributed by atoms with Crippen LogP contribution in [0.15, 0.2) is 36.5 Å². The van der Waals surface area contributed by atoms with Gasteiger partial charge in [-0.1, -0.05) is 31.2 Å². The number of rotatable bonds is 1. The average molecular weight is 157 g/mol. The van der Waals surface area contributed by atoms with E-state index in [1.165, 1.54) is 10.8 Å². The highest BCUT2D eigenvalue weighted by Gasteiger charge is 1.93. The van der Waals surface area contributed by atoms with Crippen molar-refractivity contribution < 1.29 is 0 Å². The molecule has 0 aliphatic rings. The lowest BCUT2D eigenvalue weighted by atomic mass is 10.1. The highest BCUT2D eigenvalue weighted by molar-refractivity contribution is 5.81. The van der Waals surface area contributed by atoms with Gasteiger partial charge in [-0.2, -0.15) is 0 Å². The van der Waals surface area contributed by atoms with Gasteiger partial charge in [0.25, 0.3) is 0 Å². The van der Waals surface area contributed by atoms with Crippen LogP contribution in [0.3, 0.4) is 0 Å². The van der Waals surface area contributed by atoms with E-state index in [9.17, 15) is 0 Å². The van der Waals surface area contributed by atoms with Crippen LogP contribution >= 0.6 is 0 Å². The number of aromatic nitrogens is 1. The summed E-state index contributed by atoms with van der Waals surface area (Å²) < 4.78 is 0. The molecular weight excluding hydrogens is 146 g/mol. The number of fused-ring (bicyclic) bond motifs is 1. The van der Waals surface area contributed by atoms with E-state index in [0.29, 0.717) is 0 Å². The van der Waals surface area contributed by atoms with Crippen molar-refractivity contribution in [1.82, 2.24) is 4.98 Å². The van der Waals surface area contributed by atoms with Crippen molar-refractivity contribution in [2.45, 2.75) is 13.3 Å². The lowest BCUT2D eigenvalue weighted by Crippen LogP contribution is -1.85. The molecule has 0 atom stereocenters. The fraction of sp³-hybridized carbons (Fsp3) is 0.182. The van der Waals surface area contributed by atoms with E-state index in [-0.39, 0.29) is 0 Å². The first-order chi connectivity index (χ1) is 5.90. The summed E-state index contributed by atoms with van der Waals surface area (Å²) in [7, 11) is 0. The first kappa shape index (κ1) is 7.29. The number of hydrogen-bond acceptors (Lipinski definition) is 1. The van der Waals surface area contributed by atoms with Crippen LogP contribution < -0.4 is 0 Å². The highest BCUT2D eigenvalue weighted by atomic mass is 14.7. The van der Waals surface area contributed by atoms with Crippen molar-refractivity contribution in [2.75, 3.05) is 0 Å². The van der Waals surface area contributed by atoms with Crippen LogP contribution in [0, 0.1) is 0 Å². The Morgan fingerprint density at radius 3 is 2.67 bits per heavy atom. The molecule has 12 heavy (non-hydrogen) atoms. The molecule has 0 amide bonds. The molecule has 2 rings (SSSR count). The minimum Gasteiger partial charge on any atom is -0.261 e. The van der Waals surface area contributed by atoms with Crippen molar-refractivity contribution in [3.63, 3.8) is 0 Å². The number of hydrogen-bond donors (Lipinski definition) is 0. The van der Waals surface area contributed by atoms with Crippen LogP contribution in [-0.4, -0.2) is 4.98 Å². The molecule has 60 valence electrons. The summed E-state index contributed by atoms with van der Waals surface area (Å²) >= 11 is 0. The summed E-state index contributed by atoms with van der Waals surface area (Å²) in [6.07, 6.45) is 2.94. The van der Waals surface area contributed by atoms with Crippen molar-refractivity contribution >= 4 is 10.8 Å². The predicted octanol–water partition coefficient (Wildman–Crippen LogP) is 2.80. The maximum absolute atomic E-state index is 4.33. The lowest BCUT2D eigenvalue weighted by Gasteiger charge is -1.98.